The summed E-state index contributed by atoms with van der Waals surface area (Å²) in [5.41, 5.74) is 2.80. The summed E-state index contributed by atoms with van der Waals surface area (Å²) in [5, 5.41) is 2.95. The summed E-state index contributed by atoms with van der Waals surface area (Å²) in [6.45, 7) is 6.76. The number of aromatic nitrogens is 1. The summed E-state index contributed by atoms with van der Waals surface area (Å²) in [6, 6.07) is 18.1. The predicted molar refractivity (Wildman–Crippen MR) is 127 cm³/mol. The molecule has 0 N–H and O–H groups in total. The lowest BCUT2D eigenvalue weighted by Crippen LogP contribution is -2.45. The van der Waals surface area contributed by atoms with Crippen LogP contribution in [0.1, 0.15) is 21.8 Å². The first-order chi connectivity index (χ1) is 15.2. The van der Waals surface area contributed by atoms with E-state index in [0.717, 1.165) is 67.4 Å². The van der Waals surface area contributed by atoms with Crippen molar-refractivity contribution < 1.29 is 4.79 Å². The van der Waals surface area contributed by atoms with Crippen molar-refractivity contribution in [3.8, 4) is 11.1 Å². The van der Waals surface area contributed by atoms with Crippen molar-refractivity contribution in [1.29, 1.82) is 0 Å². The van der Waals surface area contributed by atoms with Crippen LogP contribution in [0.2, 0.25) is 0 Å². The van der Waals surface area contributed by atoms with E-state index in [1.807, 2.05) is 58.9 Å². The van der Waals surface area contributed by atoms with Gasteiger partial charge in [0, 0.05) is 49.9 Å². The quantitative estimate of drug-likeness (QED) is 0.535. The monoisotopic (exact) mass is 434 g/mol. The van der Waals surface area contributed by atoms with E-state index in [2.05, 4.69) is 34.0 Å². The lowest BCUT2D eigenvalue weighted by Gasteiger charge is -2.33. The Morgan fingerprint density at radius 3 is 2.52 bits per heavy atom. The lowest BCUT2D eigenvalue weighted by atomic mass is 9.99. The van der Waals surface area contributed by atoms with Gasteiger partial charge in [0.05, 0.1) is 6.54 Å². The zero-order valence-electron chi connectivity index (χ0n) is 18.1. The van der Waals surface area contributed by atoms with Gasteiger partial charge in [0.1, 0.15) is 5.01 Å². The molecule has 0 saturated carbocycles. The fourth-order valence-corrected chi connectivity index (χ4v) is 4.64. The first-order valence-electron chi connectivity index (χ1n) is 10.9. The molecule has 5 nitrogen and oxygen atoms in total. The maximum Gasteiger partial charge on any atom is 0.254 e. The van der Waals surface area contributed by atoms with Crippen LogP contribution in [0, 0.1) is 0 Å². The summed E-state index contributed by atoms with van der Waals surface area (Å²) < 4.78 is 0. The van der Waals surface area contributed by atoms with Gasteiger partial charge in [-0.05, 0) is 37.2 Å². The number of amides is 1. The van der Waals surface area contributed by atoms with Gasteiger partial charge in [-0.15, -0.1) is 11.3 Å². The molecule has 1 aromatic heterocycles. The number of piperazine rings is 1. The van der Waals surface area contributed by atoms with Crippen molar-refractivity contribution in [2.45, 2.75) is 13.0 Å². The first kappa shape index (κ1) is 21.7. The number of hydrogen-bond acceptors (Lipinski definition) is 5. The molecule has 0 atom stereocenters. The second-order valence-electron chi connectivity index (χ2n) is 8.06. The molecule has 2 aromatic carbocycles. The highest BCUT2D eigenvalue weighted by molar-refractivity contribution is 7.09. The number of thiazole rings is 1. The Morgan fingerprint density at radius 2 is 1.77 bits per heavy atom. The smallest absolute Gasteiger partial charge is 0.254 e. The number of carbonyl (C=O) groups is 1. The fraction of sp³-hybridized carbons (Fsp3) is 0.360. The van der Waals surface area contributed by atoms with Gasteiger partial charge < -0.3 is 14.7 Å². The van der Waals surface area contributed by atoms with Crippen LogP contribution in [0.4, 0.5) is 0 Å². The molecule has 0 unspecified atom stereocenters. The van der Waals surface area contributed by atoms with E-state index in [-0.39, 0.29) is 5.91 Å². The number of rotatable bonds is 8. The molecule has 1 saturated heterocycles. The van der Waals surface area contributed by atoms with Crippen LogP contribution in [-0.2, 0) is 6.54 Å². The second-order valence-corrected chi connectivity index (χ2v) is 9.04. The summed E-state index contributed by atoms with van der Waals surface area (Å²) in [6.07, 6.45) is 2.78. The van der Waals surface area contributed by atoms with Crippen LogP contribution in [0.5, 0.6) is 0 Å². The maximum absolute atomic E-state index is 13.7. The molecule has 1 fully saturated rings. The average Bonchev–Trinajstić information content (AvgIpc) is 3.33. The zero-order chi connectivity index (χ0) is 21.5. The van der Waals surface area contributed by atoms with Gasteiger partial charge in [0.25, 0.3) is 5.91 Å². The van der Waals surface area contributed by atoms with Crippen LogP contribution < -0.4 is 0 Å². The van der Waals surface area contributed by atoms with Crippen LogP contribution >= 0.6 is 11.3 Å². The molecular formula is C25H30N4OS. The largest absolute Gasteiger partial charge is 0.332 e. The van der Waals surface area contributed by atoms with Crippen molar-refractivity contribution in [3.63, 3.8) is 0 Å². The maximum atomic E-state index is 13.7. The molecular weight excluding hydrogens is 404 g/mol. The Bertz CT molecular complexity index is 953. The van der Waals surface area contributed by atoms with Crippen molar-refractivity contribution in [1.82, 2.24) is 19.7 Å². The molecule has 0 radical (unpaired) electrons. The Hall–Kier alpha value is -2.54. The zero-order valence-corrected chi connectivity index (χ0v) is 18.9. The third kappa shape index (κ3) is 5.79. The first-order valence-corrected chi connectivity index (χ1v) is 11.8. The fourth-order valence-electron chi connectivity index (χ4n) is 4.01. The van der Waals surface area contributed by atoms with E-state index in [0.29, 0.717) is 6.54 Å². The van der Waals surface area contributed by atoms with Crippen LogP contribution in [0.25, 0.3) is 11.1 Å². The summed E-state index contributed by atoms with van der Waals surface area (Å²) in [4.78, 5) is 24.9. The topological polar surface area (TPSA) is 39.7 Å². The van der Waals surface area contributed by atoms with Crippen molar-refractivity contribution in [3.05, 3.63) is 76.7 Å². The predicted octanol–water partition coefficient (Wildman–Crippen LogP) is 4.09. The molecule has 1 amide bonds. The Labute approximate surface area is 188 Å². The van der Waals surface area contributed by atoms with Crippen molar-refractivity contribution in [2.75, 3.05) is 46.3 Å². The summed E-state index contributed by atoms with van der Waals surface area (Å²) in [5.74, 6) is 0.0769. The number of carbonyl (C=O) groups excluding carboxylic acids is 1. The molecule has 31 heavy (non-hydrogen) atoms. The minimum Gasteiger partial charge on any atom is -0.332 e. The van der Waals surface area contributed by atoms with Crippen molar-refractivity contribution >= 4 is 17.2 Å². The van der Waals surface area contributed by atoms with Gasteiger partial charge in [-0.25, -0.2) is 4.98 Å². The van der Waals surface area contributed by atoms with E-state index in [9.17, 15) is 4.79 Å². The van der Waals surface area contributed by atoms with Gasteiger partial charge in [0.2, 0.25) is 0 Å². The lowest BCUT2D eigenvalue weighted by molar-refractivity contribution is 0.0729. The van der Waals surface area contributed by atoms with Gasteiger partial charge in [-0.1, -0.05) is 48.5 Å². The summed E-state index contributed by atoms with van der Waals surface area (Å²) in [7, 11) is 2.18. The second kappa shape index (κ2) is 10.7. The third-order valence-corrected chi connectivity index (χ3v) is 6.60. The molecule has 0 bridgehead atoms. The van der Waals surface area contributed by atoms with Gasteiger partial charge in [-0.3, -0.25) is 4.79 Å². The Balaban J connectivity index is 1.49. The third-order valence-electron chi connectivity index (χ3n) is 5.84. The Kier molecular flexibility index (Phi) is 7.46. The van der Waals surface area contributed by atoms with Gasteiger partial charge in [-0.2, -0.15) is 0 Å². The number of nitrogens with zero attached hydrogens (tertiary/aromatic N) is 4. The van der Waals surface area contributed by atoms with E-state index in [1.54, 1.807) is 11.3 Å². The highest BCUT2D eigenvalue weighted by Gasteiger charge is 2.21. The molecule has 6 heteroatoms. The van der Waals surface area contributed by atoms with Gasteiger partial charge >= 0.3 is 0 Å². The minimum absolute atomic E-state index is 0.0769. The summed E-state index contributed by atoms with van der Waals surface area (Å²) >= 11 is 1.61. The molecule has 0 spiro atoms. The molecule has 1 aliphatic heterocycles. The van der Waals surface area contributed by atoms with Crippen molar-refractivity contribution in [2.24, 2.45) is 0 Å². The highest BCUT2D eigenvalue weighted by Crippen LogP contribution is 2.25. The standard InChI is InChI=1S/C25H30N4OS/c1-27-15-17-28(18-16-27)13-7-14-29(20-24-26-12-19-31-24)25(30)23-11-6-5-10-22(23)21-8-3-2-4-9-21/h2-6,8-12,19H,7,13-18,20H2,1H3. The van der Waals surface area contributed by atoms with Crippen LogP contribution in [-0.4, -0.2) is 71.9 Å². The molecule has 1 aliphatic rings. The number of likely N-dealkylation sites (N-methyl/N-ethyl adjacent to an activating group) is 1. The molecule has 0 aliphatic carbocycles. The number of hydrogen-bond donors (Lipinski definition) is 0. The van der Waals surface area contributed by atoms with Crippen LogP contribution in [0.3, 0.4) is 0 Å². The normalized spacial score (nSPS) is 15.1. The molecule has 162 valence electrons. The molecule has 3 aromatic rings. The molecule has 2 heterocycles. The molecule has 4 rings (SSSR count). The van der Waals surface area contributed by atoms with E-state index < -0.39 is 0 Å². The van der Waals surface area contributed by atoms with Crippen LogP contribution in [0.15, 0.2) is 66.2 Å². The van der Waals surface area contributed by atoms with E-state index in [4.69, 9.17) is 0 Å². The van der Waals surface area contributed by atoms with E-state index >= 15 is 0 Å². The minimum atomic E-state index is 0.0769. The van der Waals surface area contributed by atoms with E-state index in [1.165, 1.54) is 0 Å². The number of benzene rings is 2. The van der Waals surface area contributed by atoms with Gasteiger partial charge in [0.15, 0.2) is 0 Å². The average molecular weight is 435 g/mol. The highest BCUT2D eigenvalue weighted by atomic mass is 32.1. The SMILES string of the molecule is CN1CCN(CCCN(Cc2nccs2)C(=O)c2ccccc2-c2ccccc2)CC1. The Morgan fingerprint density at radius 1 is 1.03 bits per heavy atom.